The number of nitrogens with zero attached hydrogens (tertiary/aromatic N) is 1. The summed E-state index contributed by atoms with van der Waals surface area (Å²) in [5.41, 5.74) is 0. The van der Waals surface area contributed by atoms with Gasteiger partial charge in [-0.3, -0.25) is 0 Å². The van der Waals surface area contributed by atoms with Crippen LogP contribution in [-0.2, 0) is 0 Å². The summed E-state index contributed by atoms with van der Waals surface area (Å²) in [6.07, 6.45) is -10.3. The third-order valence-corrected chi connectivity index (χ3v) is 1.52. The van der Waals surface area contributed by atoms with Gasteiger partial charge in [0.25, 0.3) is 0 Å². The number of alkyl halides is 6. The summed E-state index contributed by atoms with van der Waals surface area (Å²) in [6.45, 7) is -2.25. The number of halogens is 6. The van der Waals surface area contributed by atoms with Gasteiger partial charge < -0.3 is 10.2 Å². The van der Waals surface area contributed by atoms with E-state index < -0.39 is 37.9 Å². The fourth-order valence-corrected chi connectivity index (χ4v) is 0.707. The Balaban J connectivity index is 3.92. The zero-order valence-electron chi connectivity index (χ0n) is 8.24. The minimum absolute atomic E-state index is 0.541. The topological polar surface area (TPSA) is 32.3 Å². The molecule has 0 radical (unpaired) electrons. The molecule has 0 unspecified atom stereocenters. The van der Waals surface area contributed by atoms with Gasteiger partial charge in [-0.05, 0) is 0 Å². The van der Waals surface area contributed by atoms with Crippen LogP contribution in [0.25, 0.3) is 0 Å². The molecule has 0 atom stereocenters. The number of amides is 2. The number of urea groups is 1. The average molecular weight is 252 g/mol. The summed E-state index contributed by atoms with van der Waals surface area (Å²) in [7, 11) is 0.984. The number of rotatable bonds is 3. The molecular weight excluding hydrogens is 242 g/mol. The molecule has 0 aromatic heterocycles. The van der Waals surface area contributed by atoms with Gasteiger partial charge in [0, 0.05) is 13.6 Å². The number of hydrogen-bond acceptors (Lipinski definition) is 1. The molecule has 0 bridgehead atoms. The minimum atomic E-state index is -4.58. The first-order valence-electron chi connectivity index (χ1n) is 4.14. The third-order valence-electron chi connectivity index (χ3n) is 1.52. The molecule has 0 aromatic rings. The van der Waals surface area contributed by atoms with Crippen LogP contribution in [0.3, 0.4) is 0 Å². The minimum Gasteiger partial charge on any atom is -0.329 e. The Labute approximate surface area is 87.4 Å². The van der Waals surface area contributed by atoms with Crippen molar-refractivity contribution in [1.29, 1.82) is 0 Å². The second-order valence-electron chi connectivity index (χ2n) is 3.06. The van der Waals surface area contributed by atoms with Crippen LogP contribution >= 0.6 is 0 Å². The molecule has 0 saturated heterocycles. The van der Waals surface area contributed by atoms with Gasteiger partial charge in [-0.25, -0.2) is 4.79 Å². The molecule has 3 nitrogen and oxygen atoms in total. The molecule has 16 heavy (non-hydrogen) atoms. The summed E-state index contributed by atoms with van der Waals surface area (Å²) in [5, 5.41) is 1.45. The van der Waals surface area contributed by atoms with Gasteiger partial charge in [0.05, 0.1) is 6.42 Å². The summed E-state index contributed by atoms with van der Waals surface area (Å²) in [4.78, 5) is 11.4. The summed E-state index contributed by atoms with van der Waals surface area (Å²) < 4.78 is 70.1. The van der Waals surface area contributed by atoms with E-state index in [1.807, 2.05) is 0 Å². The average Bonchev–Trinajstić information content (AvgIpc) is 2.07. The van der Waals surface area contributed by atoms with Gasteiger partial charge in [0.15, 0.2) is 0 Å². The van der Waals surface area contributed by atoms with Gasteiger partial charge in [-0.1, -0.05) is 0 Å². The quantitative estimate of drug-likeness (QED) is 0.767. The molecule has 1 N–H and O–H groups in total. The predicted molar refractivity (Wildman–Crippen MR) is 42.8 cm³/mol. The molecular formula is C7H10F6N2O. The summed E-state index contributed by atoms with van der Waals surface area (Å²) >= 11 is 0. The Hall–Kier alpha value is -1.15. The highest BCUT2D eigenvalue weighted by atomic mass is 19.4. The summed E-state index contributed by atoms with van der Waals surface area (Å²) in [5.74, 6) is 0. The molecule has 0 aromatic carbocycles. The van der Waals surface area contributed by atoms with E-state index in [0.29, 0.717) is 4.90 Å². The van der Waals surface area contributed by atoms with Gasteiger partial charge >= 0.3 is 18.4 Å². The SMILES string of the molecule is CN(CCC(F)(F)F)C(=O)NCC(F)(F)F. The van der Waals surface area contributed by atoms with Crippen LogP contribution in [0.2, 0.25) is 0 Å². The van der Waals surface area contributed by atoms with Crippen molar-refractivity contribution in [3.8, 4) is 0 Å². The molecule has 0 saturated carbocycles. The zero-order valence-corrected chi connectivity index (χ0v) is 8.24. The van der Waals surface area contributed by atoms with Crippen molar-refractivity contribution in [2.24, 2.45) is 0 Å². The summed E-state index contributed by atoms with van der Waals surface area (Å²) in [6, 6.07) is -1.19. The van der Waals surface area contributed by atoms with Crippen molar-refractivity contribution < 1.29 is 31.1 Å². The smallest absolute Gasteiger partial charge is 0.329 e. The lowest BCUT2D eigenvalue weighted by Gasteiger charge is -2.19. The standard InChI is InChI=1S/C7H10F6N2O/c1-15(3-2-6(8,9)10)5(16)14-4-7(11,12)13/h2-4H2,1H3,(H,14,16). The number of carbonyl (C=O) groups is 1. The Kier molecular flexibility index (Phi) is 4.88. The van der Waals surface area contributed by atoms with Crippen LogP contribution in [0, 0.1) is 0 Å². The second-order valence-corrected chi connectivity index (χ2v) is 3.06. The monoisotopic (exact) mass is 252 g/mol. The molecule has 96 valence electrons. The lowest BCUT2D eigenvalue weighted by molar-refractivity contribution is -0.136. The van der Waals surface area contributed by atoms with Gasteiger partial charge in [-0.2, -0.15) is 26.3 Å². The molecule has 0 spiro atoms. The molecule has 0 aliphatic rings. The largest absolute Gasteiger partial charge is 0.405 e. The van der Waals surface area contributed by atoms with Crippen LogP contribution in [0.15, 0.2) is 0 Å². The van der Waals surface area contributed by atoms with E-state index in [0.717, 1.165) is 7.05 Å². The van der Waals surface area contributed by atoms with Gasteiger partial charge in [0.2, 0.25) is 0 Å². The second kappa shape index (κ2) is 5.26. The lowest BCUT2D eigenvalue weighted by Crippen LogP contribution is -2.42. The van der Waals surface area contributed by atoms with E-state index in [1.165, 1.54) is 5.32 Å². The molecule has 0 heterocycles. The van der Waals surface area contributed by atoms with E-state index in [2.05, 4.69) is 0 Å². The third kappa shape index (κ3) is 8.18. The molecule has 0 aliphatic heterocycles. The lowest BCUT2D eigenvalue weighted by atomic mass is 10.4. The van der Waals surface area contributed by atoms with Crippen LogP contribution in [0.4, 0.5) is 31.1 Å². The van der Waals surface area contributed by atoms with Crippen molar-refractivity contribution in [1.82, 2.24) is 10.2 Å². The highest BCUT2D eigenvalue weighted by Gasteiger charge is 2.30. The molecule has 2 amide bonds. The number of hydrogen-bond donors (Lipinski definition) is 1. The van der Waals surface area contributed by atoms with Crippen LogP contribution in [0.5, 0.6) is 0 Å². The Morgan fingerprint density at radius 3 is 2.00 bits per heavy atom. The van der Waals surface area contributed by atoms with Crippen molar-refractivity contribution in [2.45, 2.75) is 18.8 Å². The normalized spacial score (nSPS) is 12.4. The first-order chi connectivity index (χ1) is 7.01. The molecule has 0 fully saturated rings. The predicted octanol–water partition coefficient (Wildman–Crippen LogP) is 2.14. The Morgan fingerprint density at radius 1 is 1.12 bits per heavy atom. The maximum absolute atomic E-state index is 11.7. The van der Waals surface area contributed by atoms with Crippen molar-refractivity contribution in [3.05, 3.63) is 0 Å². The van der Waals surface area contributed by atoms with Crippen molar-refractivity contribution >= 4 is 6.03 Å². The van der Waals surface area contributed by atoms with Crippen LogP contribution < -0.4 is 5.32 Å². The first-order valence-corrected chi connectivity index (χ1v) is 4.14. The Bertz CT molecular complexity index is 236. The molecule has 0 rings (SSSR count). The number of carbonyl (C=O) groups excluding carboxylic acids is 1. The van der Waals surface area contributed by atoms with Crippen molar-refractivity contribution in [3.63, 3.8) is 0 Å². The van der Waals surface area contributed by atoms with E-state index in [-0.39, 0.29) is 0 Å². The first kappa shape index (κ1) is 14.8. The van der Waals surface area contributed by atoms with E-state index in [1.54, 1.807) is 0 Å². The van der Waals surface area contributed by atoms with E-state index in [9.17, 15) is 31.1 Å². The highest BCUT2D eigenvalue weighted by Crippen LogP contribution is 2.19. The van der Waals surface area contributed by atoms with Gasteiger partial charge in [0.1, 0.15) is 6.54 Å². The van der Waals surface area contributed by atoms with Crippen LogP contribution in [-0.4, -0.2) is 43.4 Å². The highest BCUT2D eigenvalue weighted by molar-refractivity contribution is 5.73. The molecule has 0 aliphatic carbocycles. The van der Waals surface area contributed by atoms with E-state index in [4.69, 9.17) is 0 Å². The van der Waals surface area contributed by atoms with Gasteiger partial charge in [-0.15, -0.1) is 0 Å². The number of nitrogens with one attached hydrogen (secondary N) is 1. The fourth-order valence-electron chi connectivity index (χ4n) is 0.707. The maximum Gasteiger partial charge on any atom is 0.405 e. The van der Waals surface area contributed by atoms with Crippen LogP contribution in [0.1, 0.15) is 6.42 Å². The molecule has 9 heteroatoms. The van der Waals surface area contributed by atoms with Crippen molar-refractivity contribution in [2.75, 3.05) is 20.1 Å². The Morgan fingerprint density at radius 2 is 1.62 bits per heavy atom. The fraction of sp³-hybridized carbons (Fsp3) is 0.857. The maximum atomic E-state index is 11.7. The zero-order chi connectivity index (χ0) is 13.0. The van der Waals surface area contributed by atoms with E-state index >= 15 is 0 Å².